The number of likely N-dealkylation sites (tertiary alicyclic amines) is 1. The van der Waals surface area contributed by atoms with Gasteiger partial charge in [0.05, 0.1) is 24.8 Å². The Morgan fingerprint density at radius 3 is 2.64 bits per heavy atom. The Kier molecular flexibility index (Phi) is 4.35. The number of alkyl halides is 3. The summed E-state index contributed by atoms with van der Waals surface area (Å²) in [5.74, 6) is -1.22. The average molecular weight is 396 g/mol. The lowest BCUT2D eigenvalue weighted by Gasteiger charge is -2.34. The van der Waals surface area contributed by atoms with Crippen molar-refractivity contribution in [3.05, 3.63) is 47.5 Å². The predicted molar refractivity (Wildman–Crippen MR) is 90.6 cm³/mol. The van der Waals surface area contributed by atoms with E-state index in [0.29, 0.717) is 13.0 Å². The zero-order valence-corrected chi connectivity index (χ0v) is 14.8. The van der Waals surface area contributed by atoms with E-state index >= 15 is 0 Å². The topological polar surface area (TPSA) is 58.6 Å². The number of amides is 1. The maximum Gasteiger partial charge on any atom is 0.433 e. The number of fused-ring (bicyclic) bond motifs is 2. The van der Waals surface area contributed by atoms with E-state index in [1.54, 1.807) is 9.80 Å². The quantitative estimate of drug-likeness (QED) is 0.747. The molecule has 6 nitrogen and oxygen atoms in total. The molecule has 2 fully saturated rings. The van der Waals surface area contributed by atoms with E-state index in [2.05, 4.69) is 9.97 Å². The molecule has 0 N–H and O–H groups in total. The second kappa shape index (κ2) is 6.61. The van der Waals surface area contributed by atoms with E-state index < -0.39 is 23.6 Å². The van der Waals surface area contributed by atoms with E-state index in [1.165, 1.54) is 25.3 Å². The van der Waals surface area contributed by atoms with E-state index in [4.69, 9.17) is 4.74 Å². The van der Waals surface area contributed by atoms with Crippen molar-refractivity contribution in [1.82, 2.24) is 14.9 Å². The van der Waals surface area contributed by atoms with Gasteiger partial charge < -0.3 is 14.5 Å². The number of anilines is 1. The molecule has 0 unspecified atom stereocenters. The number of ether oxygens (including phenoxy) is 1. The second-order valence-electron chi connectivity index (χ2n) is 6.71. The summed E-state index contributed by atoms with van der Waals surface area (Å²) in [5.41, 5.74) is -1.10. The maximum absolute atomic E-state index is 14.4. The Morgan fingerprint density at radius 1 is 1.21 bits per heavy atom. The fourth-order valence-electron chi connectivity index (χ4n) is 3.79. The molecule has 2 saturated heterocycles. The molecule has 2 aromatic rings. The van der Waals surface area contributed by atoms with Crippen molar-refractivity contribution in [3.8, 4) is 5.75 Å². The highest BCUT2D eigenvalue weighted by molar-refractivity contribution is 5.95. The highest BCUT2D eigenvalue weighted by Crippen LogP contribution is 2.36. The third-order valence-corrected chi connectivity index (χ3v) is 5.11. The van der Waals surface area contributed by atoms with Gasteiger partial charge in [-0.15, -0.1) is 0 Å². The van der Waals surface area contributed by atoms with Crippen molar-refractivity contribution >= 4 is 11.9 Å². The van der Waals surface area contributed by atoms with Crippen LogP contribution in [0.3, 0.4) is 0 Å². The maximum atomic E-state index is 14.4. The number of piperazine rings is 1. The summed E-state index contributed by atoms with van der Waals surface area (Å²) in [6, 6.07) is 4.70. The molecule has 2 aliphatic heterocycles. The predicted octanol–water partition coefficient (Wildman–Crippen LogP) is 2.75. The normalized spacial score (nSPS) is 21.3. The first-order valence-electron chi connectivity index (χ1n) is 8.60. The summed E-state index contributed by atoms with van der Waals surface area (Å²) < 4.78 is 58.0. The molecule has 1 aromatic heterocycles. The number of carbonyl (C=O) groups excluding carboxylic acids is 1. The van der Waals surface area contributed by atoms with Gasteiger partial charge in [0.2, 0.25) is 5.95 Å². The number of halogens is 4. The van der Waals surface area contributed by atoms with Gasteiger partial charge in [0.15, 0.2) is 11.6 Å². The van der Waals surface area contributed by atoms with Gasteiger partial charge in [-0.05, 0) is 24.6 Å². The molecule has 1 aromatic carbocycles. The van der Waals surface area contributed by atoms with Crippen LogP contribution < -0.4 is 9.64 Å². The molecular weight excluding hydrogens is 380 g/mol. The molecule has 2 bridgehead atoms. The summed E-state index contributed by atoms with van der Waals surface area (Å²) in [7, 11) is 1.32. The van der Waals surface area contributed by atoms with Gasteiger partial charge in [-0.25, -0.2) is 14.4 Å². The number of aromatic nitrogens is 2. The first-order chi connectivity index (χ1) is 13.3. The highest BCUT2D eigenvalue weighted by Gasteiger charge is 2.47. The zero-order chi connectivity index (χ0) is 20.1. The smallest absolute Gasteiger partial charge is 0.433 e. The molecule has 0 spiro atoms. The lowest BCUT2D eigenvalue weighted by atomic mass is 10.1. The van der Waals surface area contributed by atoms with E-state index in [1.807, 2.05) is 0 Å². The lowest BCUT2D eigenvalue weighted by Crippen LogP contribution is -2.49. The van der Waals surface area contributed by atoms with Gasteiger partial charge in [0.1, 0.15) is 5.69 Å². The van der Waals surface area contributed by atoms with Crippen LogP contribution >= 0.6 is 0 Å². The molecule has 10 heteroatoms. The van der Waals surface area contributed by atoms with Gasteiger partial charge in [-0.2, -0.15) is 13.2 Å². The van der Waals surface area contributed by atoms with Crippen LogP contribution in [0.15, 0.2) is 30.5 Å². The molecule has 2 atom stereocenters. The third kappa shape index (κ3) is 3.02. The Balaban J connectivity index is 1.53. The summed E-state index contributed by atoms with van der Waals surface area (Å²) >= 11 is 0. The SMILES string of the molecule is COc1cccc(C(=O)N2C[C@@H]3C[C@H]2CN3c2nccc(C(F)(F)F)n2)c1F. The summed E-state index contributed by atoms with van der Waals surface area (Å²) in [5, 5.41) is 0. The zero-order valence-electron chi connectivity index (χ0n) is 14.8. The van der Waals surface area contributed by atoms with E-state index in [-0.39, 0.29) is 35.9 Å². The Bertz CT molecular complexity index is 921. The molecule has 0 aliphatic carbocycles. The van der Waals surface area contributed by atoms with Crippen LogP contribution in [0.1, 0.15) is 22.5 Å². The first kappa shape index (κ1) is 18.5. The monoisotopic (exact) mass is 396 g/mol. The minimum Gasteiger partial charge on any atom is -0.494 e. The van der Waals surface area contributed by atoms with Gasteiger partial charge in [-0.1, -0.05) is 6.07 Å². The van der Waals surface area contributed by atoms with Gasteiger partial charge in [0, 0.05) is 19.3 Å². The van der Waals surface area contributed by atoms with E-state index in [0.717, 1.165) is 12.3 Å². The minimum atomic E-state index is -4.55. The molecule has 4 rings (SSSR count). The molecule has 3 heterocycles. The van der Waals surface area contributed by atoms with Crippen molar-refractivity contribution in [3.63, 3.8) is 0 Å². The molecule has 2 aliphatic rings. The average Bonchev–Trinajstić information content (AvgIpc) is 3.28. The third-order valence-electron chi connectivity index (χ3n) is 5.11. The number of hydrogen-bond acceptors (Lipinski definition) is 5. The number of methoxy groups -OCH3 is 1. The van der Waals surface area contributed by atoms with Gasteiger partial charge in [0.25, 0.3) is 5.91 Å². The first-order valence-corrected chi connectivity index (χ1v) is 8.60. The number of hydrogen-bond donors (Lipinski definition) is 0. The largest absolute Gasteiger partial charge is 0.494 e. The molecule has 28 heavy (non-hydrogen) atoms. The van der Waals surface area contributed by atoms with Crippen molar-refractivity contribution in [2.24, 2.45) is 0 Å². The highest BCUT2D eigenvalue weighted by atomic mass is 19.4. The van der Waals surface area contributed by atoms with Crippen molar-refractivity contribution in [2.45, 2.75) is 24.7 Å². The van der Waals surface area contributed by atoms with Crippen molar-refractivity contribution < 1.29 is 27.1 Å². The fraction of sp³-hybridized carbons (Fsp3) is 0.389. The summed E-state index contributed by atoms with van der Waals surface area (Å²) in [6.07, 6.45) is -2.91. The van der Waals surface area contributed by atoms with Gasteiger partial charge >= 0.3 is 6.18 Å². The van der Waals surface area contributed by atoms with Crippen LogP contribution in [0.2, 0.25) is 0 Å². The Morgan fingerprint density at radius 2 is 2.00 bits per heavy atom. The molecule has 1 amide bonds. The van der Waals surface area contributed by atoms with Crippen LogP contribution in [0.4, 0.5) is 23.5 Å². The molecule has 0 radical (unpaired) electrons. The molecular formula is C18H16F4N4O2. The lowest BCUT2D eigenvalue weighted by molar-refractivity contribution is -0.141. The second-order valence-corrected chi connectivity index (χ2v) is 6.71. The fourth-order valence-corrected chi connectivity index (χ4v) is 3.79. The number of nitrogens with zero attached hydrogens (tertiary/aromatic N) is 4. The standard InChI is InChI=1S/C18H16F4N4O2/c1-28-13-4-2-3-12(15(13)19)16(27)25-8-11-7-10(25)9-26(11)17-23-6-5-14(24-17)18(20,21)22/h2-6,10-11H,7-9H2,1H3/t10-,11-/m0/s1. The number of carbonyl (C=O) groups is 1. The van der Waals surface area contributed by atoms with Crippen molar-refractivity contribution in [2.75, 3.05) is 25.1 Å². The molecule has 0 saturated carbocycles. The Labute approximate surface area is 157 Å². The van der Waals surface area contributed by atoms with Crippen LogP contribution in [-0.2, 0) is 6.18 Å². The van der Waals surface area contributed by atoms with Crippen LogP contribution in [-0.4, -0.2) is 53.1 Å². The van der Waals surface area contributed by atoms with Crippen LogP contribution in [0, 0.1) is 5.82 Å². The Hall–Kier alpha value is -2.91. The number of rotatable bonds is 3. The number of benzene rings is 1. The van der Waals surface area contributed by atoms with Crippen LogP contribution in [0.25, 0.3) is 0 Å². The summed E-state index contributed by atoms with van der Waals surface area (Å²) in [6.45, 7) is 0.559. The summed E-state index contributed by atoms with van der Waals surface area (Å²) in [4.78, 5) is 23.6. The van der Waals surface area contributed by atoms with Crippen molar-refractivity contribution in [1.29, 1.82) is 0 Å². The van der Waals surface area contributed by atoms with Gasteiger partial charge in [-0.3, -0.25) is 4.79 Å². The minimum absolute atomic E-state index is 0.0121. The molecule has 148 valence electrons. The van der Waals surface area contributed by atoms with Crippen LogP contribution in [0.5, 0.6) is 5.75 Å². The van der Waals surface area contributed by atoms with E-state index in [9.17, 15) is 22.4 Å².